The summed E-state index contributed by atoms with van der Waals surface area (Å²) in [4.78, 5) is 18.4. The van der Waals surface area contributed by atoms with E-state index in [0.717, 1.165) is 12.8 Å². The summed E-state index contributed by atoms with van der Waals surface area (Å²) in [7, 11) is 0. The number of hydrogen-bond donors (Lipinski definition) is 2. The van der Waals surface area contributed by atoms with Crippen LogP contribution in [-0.4, -0.2) is 39.2 Å². The highest BCUT2D eigenvalue weighted by Crippen LogP contribution is 2.36. The number of hydrogen-bond acceptors (Lipinski definition) is 3. The van der Waals surface area contributed by atoms with Gasteiger partial charge in [-0.25, -0.2) is 4.79 Å². The molecule has 2 atom stereocenters. The molecule has 2 saturated heterocycles. The number of aryl methyl sites for hydroxylation is 1. The average Bonchev–Trinajstić information content (AvgIpc) is 2.67. The van der Waals surface area contributed by atoms with Crippen LogP contribution in [0.1, 0.15) is 31.4 Å². The minimum Gasteiger partial charge on any atom is -0.393 e. The van der Waals surface area contributed by atoms with Crippen molar-refractivity contribution in [2.45, 2.75) is 50.8 Å². The first-order chi connectivity index (χ1) is 9.56. The summed E-state index contributed by atoms with van der Waals surface area (Å²) in [6.07, 6.45) is 4.64. The Bertz CT molecular complexity index is 523. The van der Waals surface area contributed by atoms with Crippen LogP contribution in [0.2, 0.25) is 5.02 Å². The molecule has 0 radical (unpaired) electrons. The Kier molecular flexibility index (Phi) is 3.56. The van der Waals surface area contributed by atoms with Gasteiger partial charge in [-0.05, 0) is 38.7 Å². The first kappa shape index (κ1) is 13.6. The molecule has 2 N–H and O–H groups in total. The van der Waals surface area contributed by atoms with Gasteiger partial charge in [0.2, 0.25) is 0 Å². The number of carbonyl (C=O) groups is 1. The van der Waals surface area contributed by atoms with Gasteiger partial charge in [0.05, 0.1) is 22.5 Å². The smallest absolute Gasteiger partial charge is 0.322 e. The molecule has 3 rings (SSSR count). The average molecular weight is 296 g/mol. The number of amides is 2. The van der Waals surface area contributed by atoms with E-state index in [0.29, 0.717) is 29.2 Å². The lowest BCUT2D eigenvalue weighted by molar-refractivity contribution is 0.0580. The van der Waals surface area contributed by atoms with Crippen molar-refractivity contribution in [2.24, 2.45) is 0 Å². The van der Waals surface area contributed by atoms with Gasteiger partial charge in [-0.2, -0.15) is 0 Å². The molecule has 3 heterocycles. The van der Waals surface area contributed by atoms with Crippen LogP contribution in [0.5, 0.6) is 0 Å². The molecule has 2 aliphatic rings. The Morgan fingerprint density at radius 3 is 2.75 bits per heavy atom. The van der Waals surface area contributed by atoms with Crippen molar-refractivity contribution in [3.63, 3.8) is 0 Å². The third-order valence-electron chi connectivity index (χ3n) is 4.25. The van der Waals surface area contributed by atoms with Crippen LogP contribution < -0.4 is 5.32 Å². The Hall–Kier alpha value is -1.33. The van der Waals surface area contributed by atoms with Gasteiger partial charge in [-0.15, -0.1) is 0 Å². The lowest BCUT2D eigenvalue weighted by Crippen LogP contribution is -2.49. The Balaban J connectivity index is 1.76. The van der Waals surface area contributed by atoms with E-state index in [-0.39, 0.29) is 24.2 Å². The van der Waals surface area contributed by atoms with E-state index in [1.807, 2.05) is 4.90 Å². The van der Waals surface area contributed by atoms with Gasteiger partial charge in [0.25, 0.3) is 0 Å². The van der Waals surface area contributed by atoms with Crippen molar-refractivity contribution >= 4 is 23.3 Å². The SMILES string of the molecule is Cc1nccc(NC(=O)N2[C@H]3CC[C@H]2CC(O)C3)c1Cl. The number of nitrogens with zero attached hydrogens (tertiary/aromatic N) is 2. The van der Waals surface area contributed by atoms with E-state index in [1.165, 1.54) is 0 Å². The molecule has 2 amide bonds. The van der Waals surface area contributed by atoms with Crippen molar-refractivity contribution < 1.29 is 9.90 Å². The predicted octanol–water partition coefficient (Wildman–Crippen LogP) is 2.56. The number of halogens is 1. The lowest BCUT2D eigenvalue weighted by Gasteiger charge is -2.37. The Labute approximate surface area is 122 Å². The van der Waals surface area contributed by atoms with Gasteiger partial charge in [-0.1, -0.05) is 11.6 Å². The molecule has 2 bridgehead atoms. The fourth-order valence-electron chi connectivity index (χ4n) is 3.30. The predicted molar refractivity (Wildman–Crippen MR) is 76.9 cm³/mol. The molecule has 20 heavy (non-hydrogen) atoms. The number of anilines is 1. The van der Waals surface area contributed by atoms with E-state index in [1.54, 1.807) is 19.2 Å². The number of carbonyl (C=O) groups excluding carboxylic acids is 1. The monoisotopic (exact) mass is 295 g/mol. The normalized spacial score (nSPS) is 28.6. The number of rotatable bonds is 1. The van der Waals surface area contributed by atoms with Gasteiger partial charge in [0, 0.05) is 18.3 Å². The first-order valence-electron chi connectivity index (χ1n) is 6.94. The molecule has 0 aliphatic carbocycles. The molecule has 6 heteroatoms. The van der Waals surface area contributed by atoms with Crippen LogP contribution in [0.3, 0.4) is 0 Å². The molecule has 2 aliphatic heterocycles. The van der Waals surface area contributed by atoms with Crippen LogP contribution in [0.25, 0.3) is 0 Å². The van der Waals surface area contributed by atoms with Gasteiger partial charge < -0.3 is 15.3 Å². The Morgan fingerprint density at radius 1 is 1.45 bits per heavy atom. The zero-order valence-electron chi connectivity index (χ0n) is 11.3. The summed E-state index contributed by atoms with van der Waals surface area (Å²) in [5, 5.41) is 13.1. The second-order valence-corrected chi connectivity index (χ2v) is 5.98. The maximum atomic E-state index is 12.5. The number of aromatic nitrogens is 1. The lowest BCUT2D eigenvalue weighted by atomic mass is 10.0. The number of aliphatic hydroxyl groups excluding tert-OH is 1. The van der Waals surface area contributed by atoms with Crippen LogP contribution in [0, 0.1) is 6.92 Å². The summed E-state index contributed by atoms with van der Waals surface area (Å²) >= 11 is 6.15. The molecule has 1 aromatic rings. The minimum atomic E-state index is -0.275. The Morgan fingerprint density at radius 2 is 2.10 bits per heavy atom. The minimum absolute atomic E-state index is 0.128. The van der Waals surface area contributed by atoms with Crippen LogP contribution in [-0.2, 0) is 0 Å². The number of urea groups is 1. The van der Waals surface area contributed by atoms with E-state index >= 15 is 0 Å². The molecular weight excluding hydrogens is 278 g/mol. The topological polar surface area (TPSA) is 65.5 Å². The van der Waals surface area contributed by atoms with Gasteiger partial charge in [0.1, 0.15) is 0 Å². The summed E-state index contributed by atoms with van der Waals surface area (Å²) in [6, 6.07) is 1.86. The maximum absolute atomic E-state index is 12.5. The highest BCUT2D eigenvalue weighted by Gasteiger charge is 2.42. The van der Waals surface area contributed by atoms with Crippen molar-refractivity contribution in [1.29, 1.82) is 0 Å². The molecule has 0 saturated carbocycles. The van der Waals surface area contributed by atoms with Crippen molar-refractivity contribution in [3.05, 3.63) is 23.0 Å². The molecule has 0 aromatic carbocycles. The van der Waals surface area contributed by atoms with Gasteiger partial charge >= 0.3 is 6.03 Å². The number of aliphatic hydroxyl groups is 1. The molecule has 2 fully saturated rings. The number of fused-ring (bicyclic) bond motifs is 2. The summed E-state index contributed by atoms with van der Waals surface area (Å²) in [5.41, 5.74) is 1.29. The summed E-state index contributed by atoms with van der Waals surface area (Å²) in [5.74, 6) is 0. The van der Waals surface area contributed by atoms with Crippen molar-refractivity contribution in [2.75, 3.05) is 5.32 Å². The molecule has 0 spiro atoms. The molecule has 5 nitrogen and oxygen atoms in total. The van der Waals surface area contributed by atoms with Crippen molar-refractivity contribution in [3.8, 4) is 0 Å². The standard InChI is InChI=1S/C14H18ClN3O2/c1-8-13(15)12(4-5-16-8)17-14(20)18-9-2-3-10(18)7-11(19)6-9/h4-5,9-11,19H,2-3,6-7H2,1H3,(H,16,17,20)/t9-,10-/m0/s1. The highest BCUT2D eigenvalue weighted by atomic mass is 35.5. The largest absolute Gasteiger partial charge is 0.393 e. The number of piperidine rings is 1. The third kappa shape index (κ3) is 2.36. The third-order valence-corrected chi connectivity index (χ3v) is 4.72. The first-order valence-corrected chi connectivity index (χ1v) is 7.32. The fraction of sp³-hybridized carbons (Fsp3) is 0.571. The molecule has 108 valence electrons. The van der Waals surface area contributed by atoms with Crippen molar-refractivity contribution in [1.82, 2.24) is 9.88 Å². The van der Waals surface area contributed by atoms with E-state index in [9.17, 15) is 9.90 Å². The number of nitrogens with one attached hydrogen (secondary N) is 1. The summed E-state index contributed by atoms with van der Waals surface area (Å²) < 4.78 is 0. The summed E-state index contributed by atoms with van der Waals surface area (Å²) in [6.45, 7) is 1.80. The van der Waals surface area contributed by atoms with Gasteiger partial charge in [0.15, 0.2) is 0 Å². The van der Waals surface area contributed by atoms with Crippen LogP contribution in [0.15, 0.2) is 12.3 Å². The van der Waals surface area contributed by atoms with E-state index < -0.39 is 0 Å². The fourth-order valence-corrected chi connectivity index (χ4v) is 3.46. The van der Waals surface area contributed by atoms with Gasteiger partial charge in [-0.3, -0.25) is 4.98 Å². The zero-order valence-corrected chi connectivity index (χ0v) is 12.1. The number of pyridine rings is 1. The second kappa shape index (κ2) is 5.22. The maximum Gasteiger partial charge on any atom is 0.322 e. The quantitative estimate of drug-likeness (QED) is 0.837. The second-order valence-electron chi connectivity index (χ2n) is 5.61. The van der Waals surface area contributed by atoms with E-state index in [4.69, 9.17) is 11.6 Å². The zero-order chi connectivity index (χ0) is 14.3. The highest BCUT2D eigenvalue weighted by molar-refractivity contribution is 6.34. The van der Waals surface area contributed by atoms with Crippen LogP contribution >= 0.6 is 11.6 Å². The molecule has 0 unspecified atom stereocenters. The molecular formula is C14H18ClN3O2. The molecule has 1 aromatic heterocycles. The van der Waals surface area contributed by atoms with Crippen LogP contribution in [0.4, 0.5) is 10.5 Å². The van der Waals surface area contributed by atoms with E-state index in [2.05, 4.69) is 10.3 Å².